The first kappa shape index (κ1) is 15.6. The van der Waals surface area contributed by atoms with Gasteiger partial charge in [0.05, 0.1) is 6.54 Å². The van der Waals surface area contributed by atoms with Gasteiger partial charge in [-0.25, -0.2) is 4.98 Å². The highest BCUT2D eigenvalue weighted by Gasteiger charge is 2.33. The predicted molar refractivity (Wildman–Crippen MR) is 77.4 cm³/mol. The summed E-state index contributed by atoms with van der Waals surface area (Å²) in [6.45, 7) is 4.04. The van der Waals surface area contributed by atoms with Crippen LogP contribution in [0.4, 0.5) is 24.9 Å². The maximum absolute atomic E-state index is 12.9. The second-order valence-electron chi connectivity index (χ2n) is 4.69. The zero-order chi connectivity index (χ0) is 15.5. The molecule has 2 N–H and O–H groups in total. The molecule has 0 radical (unpaired) electrons. The summed E-state index contributed by atoms with van der Waals surface area (Å²) >= 11 is 1.52. The molecule has 2 aromatic heterocycles. The van der Waals surface area contributed by atoms with Crippen LogP contribution in [0.1, 0.15) is 24.4 Å². The van der Waals surface area contributed by atoms with Gasteiger partial charge >= 0.3 is 6.18 Å². The van der Waals surface area contributed by atoms with E-state index in [1.165, 1.54) is 11.3 Å². The van der Waals surface area contributed by atoms with Crippen LogP contribution in [0.3, 0.4) is 0 Å². The van der Waals surface area contributed by atoms with Crippen LogP contribution in [-0.4, -0.2) is 16.0 Å². The number of nitrogens with zero attached hydrogens (tertiary/aromatic N) is 2. The van der Waals surface area contributed by atoms with Crippen LogP contribution in [0.5, 0.6) is 0 Å². The summed E-state index contributed by atoms with van der Waals surface area (Å²) < 4.78 is 38.6. The molecule has 0 bridgehead atoms. The molecule has 2 heterocycles. The highest BCUT2D eigenvalue weighted by atomic mass is 32.1. The molecule has 0 atom stereocenters. The second kappa shape index (κ2) is 6.30. The van der Waals surface area contributed by atoms with Crippen molar-refractivity contribution in [2.24, 2.45) is 0 Å². The van der Waals surface area contributed by atoms with E-state index in [9.17, 15) is 13.2 Å². The van der Waals surface area contributed by atoms with Gasteiger partial charge in [-0.15, -0.1) is 11.3 Å². The quantitative estimate of drug-likeness (QED) is 0.876. The lowest BCUT2D eigenvalue weighted by Gasteiger charge is -2.14. The van der Waals surface area contributed by atoms with Crippen molar-refractivity contribution >= 4 is 23.1 Å². The van der Waals surface area contributed by atoms with Crippen molar-refractivity contribution in [3.8, 4) is 0 Å². The molecular formula is C13H15F3N4S. The van der Waals surface area contributed by atoms with Gasteiger partial charge in [0, 0.05) is 17.0 Å². The van der Waals surface area contributed by atoms with Gasteiger partial charge in [-0.3, -0.25) is 0 Å². The maximum Gasteiger partial charge on any atom is 0.433 e. The van der Waals surface area contributed by atoms with Gasteiger partial charge < -0.3 is 10.6 Å². The first-order valence-corrected chi connectivity index (χ1v) is 7.21. The Labute approximate surface area is 124 Å². The Morgan fingerprint density at radius 1 is 1.29 bits per heavy atom. The smallest absolute Gasteiger partial charge is 0.365 e. The van der Waals surface area contributed by atoms with Crippen LogP contribution >= 0.6 is 11.3 Å². The fourth-order valence-electron chi connectivity index (χ4n) is 1.60. The van der Waals surface area contributed by atoms with E-state index in [-0.39, 0.29) is 17.8 Å². The van der Waals surface area contributed by atoms with Crippen molar-refractivity contribution in [3.05, 3.63) is 34.2 Å². The molecule has 8 heteroatoms. The third-order valence-electron chi connectivity index (χ3n) is 2.46. The van der Waals surface area contributed by atoms with E-state index < -0.39 is 11.9 Å². The van der Waals surface area contributed by atoms with Crippen LogP contribution < -0.4 is 10.6 Å². The van der Waals surface area contributed by atoms with Gasteiger partial charge in [-0.2, -0.15) is 18.2 Å². The molecule has 0 aromatic carbocycles. The molecule has 0 amide bonds. The molecule has 4 nitrogen and oxygen atoms in total. The number of thiophene rings is 1. The van der Waals surface area contributed by atoms with Gasteiger partial charge in [-0.05, 0) is 25.3 Å². The van der Waals surface area contributed by atoms with E-state index in [0.29, 0.717) is 6.54 Å². The molecule has 2 rings (SSSR count). The zero-order valence-corrected chi connectivity index (χ0v) is 12.3. The number of aromatic nitrogens is 2. The molecular weight excluding hydrogens is 301 g/mol. The van der Waals surface area contributed by atoms with Crippen molar-refractivity contribution < 1.29 is 13.2 Å². The summed E-state index contributed by atoms with van der Waals surface area (Å²) in [5, 5.41) is 7.59. The SMILES string of the molecule is CC(C)Nc1nc(NCc2cccs2)cc(C(F)(F)F)n1. The van der Waals surface area contributed by atoms with Crippen molar-refractivity contribution in [3.63, 3.8) is 0 Å². The third-order valence-corrected chi connectivity index (χ3v) is 3.33. The van der Waals surface area contributed by atoms with Gasteiger partial charge in [0.25, 0.3) is 0 Å². The lowest BCUT2D eigenvalue weighted by atomic mass is 10.3. The molecule has 21 heavy (non-hydrogen) atoms. The van der Waals surface area contributed by atoms with Crippen LogP contribution in [0.15, 0.2) is 23.6 Å². The largest absolute Gasteiger partial charge is 0.433 e. The Morgan fingerprint density at radius 3 is 2.62 bits per heavy atom. The molecule has 0 unspecified atom stereocenters. The number of hydrogen-bond donors (Lipinski definition) is 2. The topological polar surface area (TPSA) is 49.8 Å². The lowest BCUT2D eigenvalue weighted by Crippen LogP contribution is -2.17. The van der Waals surface area contributed by atoms with Crippen LogP contribution in [0, 0.1) is 0 Å². The number of nitrogens with one attached hydrogen (secondary N) is 2. The summed E-state index contributed by atoms with van der Waals surface area (Å²) in [6.07, 6.45) is -4.50. The predicted octanol–water partition coefficient (Wildman–Crippen LogP) is 3.99. The number of halogens is 3. The normalized spacial score (nSPS) is 11.7. The molecule has 0 spiro atoms. The summed E-state index contributed by atoms with van der Waals surface area (Å²) in [7, 11) is 0. The number of anilines is 2. The molecule has 0 aliphatic heterocycles. The zero-order valence-electron chi connectivity index (χ0n) is 11.5. The molecule has 0 saturated heterocycles. The summed E-state index contributed by atoms with van der Waals surface area (Å²) in [6, 6.07) is 4.64. The Morgan fingerprint density at radius 2 is 2.05 bits per heavy atom. The highest BCUT2D eigenvalue weighted by molar-refractivity contribution is 7.09. The number of rotatable bonds is 5. The van der Waals surface area contributed by atoms with Gasteiger partial charge in [-0.1, -0.05) is 6.07 Å². The van der Waals surface area contributed by atoms with E-state index in [4.69, 9.17) is 0 Å². The first-order valence-electron chi connectivity index (χ1n) is 6.33. The van der Waals surface area contributed by atoms with E-state index in [2.05, 4.69) is 20.6 Å². The summed E-state index contributed by atoms with van der Waals surface area (Å²) in [5.74, 6) is 0.113. The molecule has 0 saturated carbocycles. The fourth-order valence-corrected chi connectivity index (χ4v) is 2.24. The van der Waals surface area contributed by atoms with E-state index >= 15 is 0 Å². The minimum absolute atomic E-state index is 0.0338. The van der Waals surface area contributed by atoms with E-state index in [1.54, 1.807) is 0 Å². The lowest BCUT2D eigenvalue weighted by molar-refractivity contribution is -0.141. The monoisotopic (exact) mass is 316 g/mol. The first-order chi connectivity index (χ1) is 9.84. The van der Waals surface area contributed by atoms with Gasteiger partial charge in [0.1, 0.15) is 5.82 Å². The fraction of sp³-hybridized carbons (Fsp3) is 0.385. The van der Waals surface area contributed by atoms with Gasteiger partial charge in [0.15, 0.2) is 5.69 Å². The van der Waals surface area contributed by atoms with Crippen LogP contribution in [0.2, 0.25) is 0 Å². The second-order valence-corrected chi connectivity index (χ2v) is 5.72. The molecule has 0 fully saturated rings. The Hall–Kier alpha value is -1.83. The molecule has 114 valence electrons. The van der Waals surface area contributed by atoms with Crippen molar-refractivity contribution in [2.45, 2.75) is 32.6 Å². The van der Waals surface area contributed by atoms with Crippen molar-refractivity contribution in [1.29, 1.82) is 0 Å². The van der Waals surface area contributed by atoms with Crippen molar-refractivity contribution in [2.75, 3.05) is 10.6 Å². The number of hydrogen-bond acceptors (Lipinski definition) is 5. The van der Waals surface area contributed by atoms with E-state index in [0.717, 1.165) is 10.9 Å². The average molecular weight is 316 g/mol. The standard InChI is InChI=1S/C13H15F3N4S/c1-8(2)18-12-19-10(13(14,15)16)6-11(20-12)17-7-9-4-3-5-21-9/h3-6,8H,7H2,1-2H3,(H2,17,18,19,20). The maximum atomic E-state index is 12.9. The van der Waals surface area contributed by atoms with Crippen LogP contribution in [0.25, 0.3) is 0 Å². The number of alkyl halides is 3. The Bertz CT molecular complexity index is 582. The highest BCUT2D eigenvalue weighted by Crippen LogP contribution is 2.30. The summed E-state index contributed by atoms with van der Waals surface area (Å²) in [4.78, 5) is 8.58. The third kappa shape index (κ3) is 4.59. The Kier molecular flexibility index (Phi) is 4.66. The van der Waals surface area contributed by atoms with Crippen LogP contribution in [-0.2, 0) is 12.7 Å². The Balaban J connectivity index is 2.22. The summed E-state index contributed by atoms with van der Waals surface area (Å²) in [5.41, 5.74) is -0.964. The minimum atomic E-state index is -4.50. The minimum Gasteiger partial charge on any atom is -0.365 e. The van der Waals surface area contributed by atoms with Gasteiger partial charge in [0.2, 0.25) is 5.95 Å². The molecule has 0 aliphatic carbocycles. The van der Waals surface area contributed by atoms with E-state index in [1.807, 2.05) is 31.4 Å². The van der Waals surface area contributed by atoms with Crippen molar-refractivity contribution in [1.82, 2.24) is 9.97 Å². The average Bonchev–Trinajstić information content (AvgIpc) is 2.87. The molecule has 2 aromatic rings. The molecule has 0 aliphatic rings.